The highest BCUT2D eigenvalue weighted by Crippen LogP contribution is 2.41. The Balaban J connectivity index is 1.74. The van der Waals surface area contributed by atoms with Crippen LogP contribution in [-0.4, -0.2) is 60.9 Å². The molecule has 1 aromatic rings. The number of thioether (sulfide) groups is 1. The summed E-state index contributed by atoms with van der Waals surface area (Å²) in [7, 11) is 0. The van der Waals surface area contributed by atoms with Gasteiger partial charge in [-0.05, 0) is 37.5 Å². The summed E-state index contributed by atoms with van der Waals surface area (Å²) in [4.78, 5) is 16.9. The SMILES string of the molecule is Cc1cc(C)c(C2SCC(=O)N2CCN2CCOCC2)c(C)c1. The number of nitrogens with zero attached hydrogens (tertiary/aromatic N) is 2. The van der Waals surface area contributed by atoms with E-state index in [4.69, 9.17) is 4.74 Å². The maximum atomic E-state index is 12.4. The Labute approximate surface area is 143 Å². The van der Waals surface area contributed by atoms with Crippen molar-refractivity contribution in [3.63, 3.8) is 0 Å². The van der Waals surface area contributed by atoms with E-state index in [2.05, 4.69) is 42.7 Å². The summed E-state index contributed by atoms with van der Waals surface area (Å²) >= 11 is 1.77. The summed E-state index contributed by atoms with van der Waals surface area (Å²) in [6.07, 6.45) is 0. The van der Waals surface area contributed by atoms with Crippen LogP contribution in [-0.2, 0) is 9.53 Å². The van der Waals surface area contributed by atoms with Crippen molar-refractivity contribution in [3.8, 4) is 0 Å². The van der Waals surface area contributed by atoms with E-state index in [0.29, 0.717) is 5.75 Å². The van der Waals surface area contributed by atoms with Crippen LogP contribution in [0.4, 0.5) is 0 Å². The largest absolute Gasteiger partial charge is 0.379 e. The van der Waals surface area contributed by atoms with Crippen molar-refractivity contribution in [3.05, 3.63) is 34.4 Å². The highest BCUT2D eigenvalue weighted by Gasteiger charge is 2.34. The molecule has 0 bridgehead atoms. The zero-order valence-corrected chi connectivity index (χ0v) is 15.1. The third-order valence-corrected chi connectivity index (χ3v) is 5.93. The monoisotopic (exact) mass is 334 g/mol. The molecule has 2 aliphatic heterocycles. The molecular formula is C18H26N2O2S. The van der Waals surface area contributed by atoms with E-state index in [0.717, 1.165) is 39.4 Å². The lowest BCUT2D eigenvalue weighted by molar-refractivity contribution is -0.128. The molecule has 1 unspecified atom stereocenters. The van der Waals surface area contributed by atoms with Crippen LogP contribution in [0, 0.1) is 20.8 Å². The Morgan fingerprint density at radius 2 is 1.78 bits per heavy atom. The molecule has 2 fully saturated rings. The predicted molar refractivity (Wildman–Crippen MR) is 94.8 cm³/mol. The number of benzene rings is 1. The van der Waals surface area contributed by atoms with Gasteiger partial charge in [-0.3, -0.25) is 9.69 Å². The molecule has 2 aliphatic rings. The van der Waals surface area contributed by atoms with E-state index in [1.54, 1.807) is 11.8 Å². The molecule has 1 amide bonds. The molecule has 126 valence electrons. The molecule has 2 saturated heterocycles. The van der Waals surface area contributed by atoms with Crippen LogP contribution >= 0.6 is 11.8 Å². The number of ether oxygens (including phenoxy) is 1. The second kappa shape index (κ2) is 7.24. The summed E-state index contributed by atoms with van der Waals surface area (Å²) in [5, 5.41) is 0.171. The lowest BCUT2D eigenvalue weighted by Gasteiger charge is -2.31. The molecule has 0 aromatic heterocycles. The number of carbonyl (C=O) groups excluding carboxylic acids is 1. The number of morpholine rings is 1. The lowest BCUT2D eigenvalue weighted by Crippen LogP contribution is -2.42. The number of aryl methyl sites for hydroxylation is 3. The van der Waals surface area contributed by atoms with Gasteiger partial charge in [0.15, 0.2) is 0 Å². The van der Waals surface area contributed by atoms with Crippen molar-refractivity contribution in [2.45, 2.75) is 26.1 Å². The quantitative estimate of drug-likeness (QED) is 0.847. The highest BCUT2D eigenvalue weighted by molar-refractivity contribution is 8.00. The number of hydrogen-bond acceptors (Lipinski definition) is 4. The van der Waals surface area contributed by atoms with Crippen LogP contribution in [0.25, 0.3) is 0 Å². The first-order valence-corrected chi connectivity index (χ1v) is 9.40. The first-order chi connectivity index (χ1) is 11.1. The third kappa shape index (κ3) is 3.73. The molecule has 4 nitrogen and oxygen atoms in total. The van der Waals surface area contributed by atoms with Gasteiger partial charge < -0.3 is 9.64 Å². The van der Waals surface area contributed by atoms with Gasteiger partial charge in [0.1, 0.15) is 5.37 Å². The average molecular weight is 334 g/mol. The molecule has 0 N–H and O–H groups in total. The normalized spacial score (nSPS) is 22.8. The molecule has 1 atom stereocenters. The Hall–Kier alpha value is -1.04. The van der Waals surface area contributed by atoms with Gasteiger partial charge in [-0.15, -0.1) is 11.8 Å². The van der Waals surface area contributed by atoms with E-state index in [9.17, 15) is 4.79 Å². The summed E-state index contributed by atoms with van der Waals surface area (Å²) in [6, 6.07) is 4.46. The summed E-state index contributed by atoms with van der Waals surface area (Å²) < 4.78 is 5.40. The van der Waals surface area contributed by atoms with Crippen molar-refractivity contribution in [2.75, 3.05) is 45.1 Å². The first kappa shape index (κ1) is 16.8. The fraction of sp³-hybridized carbons (Fsp3) is 0.611. The van der Waals surface area contributed by atoms with E-state index in [1.165, 1.54) is 22.3 Å². The molecule has 0 saturated carbocycles. The van der Waals surface area contributed by atoms with Gasteiger partial charge in [-0.2, -0.15) is 0 Å². The van der Waals surface area contributed by atoms with Crippen LogP contribution in [0.1, 0.15) is 27.6 Å². The van der Waals surface area contributed by atoms with Gasteiger partial charge in [0, 0.05) is 26.2 Å². The van der Waals surface area contributed by atoms with E-state index in [1.807, 2.05) is 0 Å². The molecule has 23 heavy (non-hydrogen) atoms. The molecule has 2 heterocycles. The zero-order chi connectivity index (χ0) is 16.4. The lowest BCUT2D eigenvalue weighted by atomic mass is 9.99. The van der Waals surface area contributed by atoms with Gasteiger partial charge in [0.2, 0.25) is 5.91 Å². The third-order valence-electron chi connectivity index (χ3n) is 4.71. The minimum Gasteiger partial charge on any atom is -0.379 e. The van der Waals surface area contributed by atoms with Crippen molar-refractivity contribution in [2.24, 2.45) is 0 Å². The Kier molecular flexibility index (Phi) is 5.29. The molecule has 0 aliphatic carbocycles. The summed E-state index contributed by atoms with van der Waals surface area (Å²) in [5.74, 6) is 0.869. The molecule has 3 rings (SSSR count). The van der Waals surface area contributed by atoms with Gasteiger partial charge in [-0.25, -0.2) is 0 Å². The number of rotatable bonds is 4. The van der Waals surface area contributed by atoms with Crippen molar-refractivity contribution < 1.29 is 9.53 Å². The van der Waals surface area contributed by atoms with E-state index >= 15 is 0 Å². The molecular weight excluding hydrogens is 308 g/mol. The van der Waals surface area contributed by atoms with Crippen LogP contribution < -0.4 is 0 Å². The highest BCUT2D eigenvalue weighted by atomic mass is 32.2. The van der Waals surface area contributed by atoms with Crippen molar-refractivity contribution >= 4 is 17.7 Å². The minimum absolute atomic E-state index is 0.171. The minimum atomic E-state index is 0.171. The van der Waals surface area contributed by atoms with Crippen LogP contribution in [0.2, 0.25) is 0 Å². The van der Waals surface area contributed by atoms with Crippen LogP contribution in [0.3, 0.4) is 0 Å². The Morgan fingerprint density at radius 3 is 2.43 bits per heavy atom. The predicted octanol–water partition coefficient (Wildman–Crippen LogP) is 2.52. The number of hydrogen-bond donors (Lipinski definition) is 0. The topological polar surface area (TPSA) is 32.8 Å². The second-order valence-electron chi connectivity index (χ2n) is 6.52. The van der Waals surface area contributed by atoms with Gasteiger partial charge in [-0.1, -0.05) is 17.7 Å². The Morgan fingerprint density at radius 1 is 1.13 bits per heavy atom. The summed E-state index contributed by atoms with van der Waals surface area (Å²) in [6.45, 7) is 11.8. The smallest absolute Gasteiger partial charge is 0.233 e. The molecule has 1 aromatic carbocycles. The van der Waals surface area contributed by atoms with E-state index < -0.39 is 0 Å². The summed E-state index contributed by atoms with van der Waals surface area (Å²) in [5.41, 5.74) is 5.21. The van der Waals surface area contributed by atoms with Gasteiger partial charge in [0.25, 0.3) is 0 Å². The Bertz CT molecular complexity index is 561. The maximum Gasteiger partial charge on any atom is 0.233 e. The van der Waals surface area contributed by atoms with Gasteiger partial charge >= 0.3 is 0 Å². The van der Waals surface area contributed by atoms with E-state index in [-0.39, 0.29) is 11.3 Å². The van der Waals surface area contributed by atoms with Crippen LogP contribution in [0.15, 0.2) is 12.1 Å². The number of amides is 1. The van der Waals surface area contributed by atoms with Crippen molar-refractivity contribution in [1.82, 2.24) is 9.80 Å². The molecule has 5 heteroatoms. The fourth-order valence-corrected chi connectivity index (χ4v) is 5.00. The second-order valence-corrected chi connectivity index (χ2v) is 7.59. The average Bonchev–Trinajstić information content (AvgIpc) is 2.86. The fourth-order valence-electron chi connectivity index (χ4n) is 3.59. The standard InChI is InChI=1S/C18H26N2O2S/c1-13-10-14(2)17(15(3)11-13)18-20(16(21)12-23-18)5-4-19-6-8-22-9-7-19/h10-11,18H,4-9,12H2,1-3H3. The number of carbonyl (C=O) groups is 1. The first-order valence-electron chi connectivity index (χ1n) is 8.35. The molecule has 0 radical (unpaired) electrons. The van der Waals surface area contributed by atoms with Crippen molar-refractivity contribution in [1.29, 1.82) is 0 Å². The molecule has 0 spiro atoms. The van der Waals surface area contributed by atoms with Crippen LogP contribution in [0.5, 0.6) is 0 Å². The zero-order valence-electron chi connectivity index (χ0n) is 14.3. The van der Waals surface area contributed by atoms with Gasteiger partial charge in [0.05, 0.1) is 19.0 Å². The maximum absolute atomic E-state index is 12.4.